The number of benzene rings is 2. The Bertz CT molecular complexity index is 1000. The minimum absolute atomic E-state index is 0.135. The Morgan fingerprint density at radius 2 is 1.86 bits per heavy atom. The average molecular weight is 439 g/mol. The molecular weight excluding hydrogens is 416 g/mol. The number of hydrogen-bond donors (Lipinski definition) is 3. The molecule has 1 saturated carbocycles. The van der Waals surface area contributed by atoms with Crippen LogP contribution in [0.3, 0.4) is 0 Å². The number of methoxy groups -OCH3 is 1. The number of carbonyl (C=O) groups is 1. The van der Waals surface area contributed by atoms with Crippen molar-refractivity contribution >= 4 is 38.9 Å². The summed E-state index contributed by atoms with van der Waals surface area (Å²) in [4.78, 5) is 12.7. The third kappa shape index (κ3) is 5.33. The van der Waals surface area contributed by atoms with Gasteiger partial charge in [0.2, 0.25) is 10.0 Å². The summed E-state index contributed by atoms with van der Waals surface area (Å²) < 4.78 is 33.2. The van der Waals surface area contributed by atoms with Crippen LogP contribution in [-0.4, -0.2) is 31.8 Å². The zero-order valence-corrected chi connectivity index (χ0v) is 17.5. The number of hydrogen-bond acceptors (Lipinski definition) is 5. The quantitative estimate of drug-likeness (QED) is 0.580. The molecule has 29 heavy (non-hydrogen) atoms. The normalized spacial score (nSPS) is 15.0. The van der Waals surface area contributed by atoms with Crippen LogP contribution in [-0.2, 0) is 10.0 Å². The van der Waals surface area contributed by atoms with E-state index in [4.69, 9.17) is 16.3 Å². The van der Waals surface area contributed by atoms with E-state index in [1.54, 1.807) is 0 Å². The summed E-state index contributed by atoms with van der Waals surface area (Å²) in [7, 11) is -2.14. The highest BCUT2D eigenvalue weighted by Crippen LogP contribution is 2.30. The smallest absolute Gasteiger partial charge is 0.255 e. The highest BCUT2D eigenvalue weighted by atomic mass is 35.5. The lowest BCUT2D eigenvalue weighted by Gasteiger charge is -2.22. The second-order valence-electron chi connectivity index (χ2n) is 6.97. The van der Waals surface area contributed by atoms with Crippen LogP contribution in [0.2, 0.25) is 5.02 Å². The Morgan fingerprint density at radius 3 is 2.55 bits per heavy atom. The molecule has 7 nitrogen and oxygen atoms in total. The predicted octanol–water partition coefficient (Wildman–Crippen LogP) is 4.38. The summed E-state index contributed by atoms with van der Waals surface area (Å²) in [6.45, 7) is 0. The van der Waals surface area contributed by atoms with Crippen LogP contribution >= 0.6 is 11.6 Å². The number of aromatic hydroxyl groups is 1. The van der Waals surface area contributed by atoms with Gasteiger partial charge in [0.25, 0.3) is 5.91 Å². The summed E-state index contributed by atoms with van der Waals surface area (Å²) in [5, 5.41) is 12.4. The van der Waals surface area contributed by atoms with E-state index in [1.807, 2.05) is 0 Å². The van der Waals surface area contributed by atoms with Gasteiger partial charge in [0.05, 0.1) is 23.7 Å². The van der Waals surface area contributed by atoms with Gasteiger partial charge in [0.1, 0.15) is 11.5 Å². The topological polar surface area (TPSA) is 105 Å². The molecule has 9 heteroatoms. The van der Waals surface area contributed by atoms with Crippen molar-refractivity contribution < 1.29 is 23.1 Å². The molecule has 0 heterocycles. The van der Waals surface area contributed by atoms with Crippen LogP contribution in [0.15, 0.2) is 36.4 Å². The predicted molar refractivity (Wildman–Crippen MR) is 113 cm³/mol. The number of anilines is 2. The molecule has 2 aromatic carbocycles. The largest absolute Gasteiger partial charge is 0.506 e. The van der Waals surface area contributed by atoms with E-state index in [9.17, 15) is 18.3 Å². The van der Waals surface area contributed by atoms with E-state index in [0.29, 0.717) is 23.6 Å². The lowest BCUT2D eigenvalue weighted by Crippen LogP contribution is -2.29. The van der Waals surface area contributed by atoms with Crippen molar-refractivity contribution in [2.75, 3.05) is 17.1 Å². The zero-order chi connectivity index (χ0) is 21.0. The van der Waals surface area contributed by atoms with Gasteiger partial charge in [-0.15, -0.1) is 0 Å². The molecule has 1 fully saturated rings. The van der Waals surface area contributed by atoms with Crippen molar-refractivity contribution in [1.29, 1.82) is 0 Å². The molecule has 1 aliphatic carbocycles. The van der Waals surface area contributed by atoms with E-state index < -0.39 is 21.2 Å². The molecule has 3 N–H and O–H groups in total. The molecule has 0 unspecified atom stereocenters. The number of rotatable bonds is 6. The van der Waals surface area contributed by atoms with E-state index in [1.165, 1.54) is 43.5 Å². The number of amides is 1. The Hall–Kier alpha value is -2.45. The highest BCUT2D eigenvalue weighted by Gasteiger charge is 2.27. The van der Waals surface area contributed by atoms with Crippen molar-refractivity contribution in [2.45, 2.75) is 37.4 Å². The first-order valence-corrected chi connectivity index (χ1v) is 11.2. The van der Waals surface area contributed by atoms with Crippen molar-refractivity contribution in [2.24, 2.45) is 0 Å². The summed E-state index contributed by atoms with van der Waals surface area (Å²) >= 11 is 5.91. The maximum atomic E-state index is 12.7. The van der Waals surface area contributed by atoms with Gasteiger partial charge in [0.15, 0.2) is 0 Å². The van der Waals surface area contributed by atoms with Gasteiger partial charge in [-0.05, 0) is 43.2 Å². The maximum absolute atomic E-state index is 12.7. The highest BCUT2D eigenvalue weighted by molar-refractivity contribution is 7.93. The molecular formula is C20H23ClN2O5S. The second-order valence-corrected chi connectivity index (χ2v) is 9.37. The second kappa shape index (κ2) is 8.92. The molecule has 0 atom stereocenters. The standard InChI is InChI=1S/C20H23ClN2O5S/c1-28-16-10-13(20(25)22-18-11-14(21)7-8-19(18)24)9-15(12-16)23-29(26,27)17-5-3-2-4-6-17/h7-12,17,23-24H,2-6H2,1H3,(H,22,25). The monoisotopic (exact) mass is 438 g/mol. The molecule has 1 aliphatic rings. The van der Waals surface area contributed by atoms with Crippen LogP contribution in [0.5, 0.6) is 11.5 Å². The first-order valence-electron chi connectivity index (χ1n) is 9.29. The van der Waals surface area contributed by atoms with Crippen LogP contribution in [0, 0.1) is 0 Å². The number of halogens is 1. The Morgan fingerprint density at radius 1 is 1.14 bits per heavy atom. The van der Waals surface area contributed by atoms with Crippen molar-refractivity contribution in [3.8, 4) is 11.5 Å². The van der Waals surface area contributed by atoms with Crippen LogP contribution in [0.1, 0.15) is 42.5 Å². The summed E-state index contributed by atoms with van der Waals surface area (Å²) in [5.74, 6) is -0.349. The molecule has 0 aliphatic heterocycles. The van der Waals surface area contributed by atoms with Gasteiger partial charge in [-0.2, -0.15) is 0 Å². The Labute approximate surface area is 175 Å². The number of phenols is 1. The first-order chi connectivity index (χ1) is 13.8. The molecule has 0 aromatic heterocycles. The van der Waals surface area contributed by atoms with Crippen molar-refractivity contribution in [3.63, 3.8) is 0 Å². The summed E-state index contributed by atoms with van der Waals surface area (Å²) in [5.41, 5.74) is 0.565. The van der Waals surface area contributed by atoms with Gasteiger partial charge < -0.3 is 15.2 Å². The molecule has 0 saturated heterocycles. The molecule has 0 bridgehead atoms. The van der Waals surface area contributed by atoms with E-state index in [0.717, 1.165) is 19.3 Å². The molecule has 0 spiro atoms. The minimum Gasteiger partial charge on any atom is -0.506 e. The van der Waals surface area contributed by atoms with Gasteiger partial charge in [-0.1, -0.05) is 30.9 Å². The lowest BCUT2D eigenvalue weighted by molar-refractivity contribution is 0.102. The Balaban J connectivity index is 1.84. The molecule has 156 valence electrons. The third-order valence-corrected chi connectivity index (χ3v) is 6.97. The molecule has 1 amide bonds. The van der Waals surface area contributed by atoms with E-state index in [2.05, 4.69) is 10.0 Å². The maximum Gasteiger partial charge on any atom is 0.255 e. The van der Waals surface area contributed by atoms with Crippen LogP contribution in [0.4, 0.5) is 11.4 Å². The van der Waals surface area contributed by atoms with E-state index >= 15 is 0 Å². The number of carbonyl (C=O) groups excluding carboxylic acids is 1. The molecule has 3 rings (SSSR count). The average Bonchev–Trinajstić information content (AvgIpc) is 2.70. The van der Waals surface area contributed by atoms with Gasteiger partial charge in [0, 0.05) is 16.7 Å². The summed E-state index contributed by atoms with van der Waals surface area (Å²) in [6.07, 6.45) is 4.08. The Kier molecular flexibility index (Phi) is 6.54. The number of nitrogens with one attached hydrogen (secondary N) is 2. The third-order valence-electron chi connectivity index (χ3n) is 4.86. The number of sulfonamides is 1. The number of phenolic OH excluding ortho intramolecular Hbond substituents is 1. The lowest BCUT2D eigenvalue weighted by atomic mass is 10.0. The SMILES string of the molecule is COc1cc(NS(=O)(=O)C2CCCCC2)cc(C(=O)Nc2cc(Cl)ccc2O)c1. The fourth-order valence-electron chi connectivity index (χ4n) is 3.33. The van der Waals surface area contributed by atoms with Gasteiger partial charge in [-0.25, -0.2) is 8.42 Å². The zero-order valence-electron chi connectivity index (χ0n) is 15.9. The summed E-state index contributed by atoms with van der Waals surface area (Å²) in [6, 6.07) is 8.72. The minimum atomic E-state index is -3.57. The fraction of sp³-hybridized carbons (Fsp3) is 0.350. The van der Waals surface area contributed by atoms with Gasteiger partial charge in [-0.3, -0.25) is 9.52 Å². The molecule has 2 aromatic rings. The van der Waals surface area contributed by atoms with Crippen LogP contribution < -0.4 is 14.8 Å². The molecule has 0 radical (unpaired) electrons. The van der Waals surface area contributed by atoms with Crippen molar-refractivity contribution in [1.82, 2.24) is 0 Å². The van der Waals surface area contributed by atoms with Crippen LogP contribution in [0.25, 0.3) is 0 Å². The first kappa shape index (κ1) is 21.3. The number of ether oxygens (including phenoxy) is 1. The van der Waals surface area contributed by atoms with Gasteiger partial charge >= 0.3 is 0 Å². The van der Waals surface area contributed by atoms with Crippen molar-refractivity contribution in [3.05, 3.63) is 47.0 Å². The van der Waals surface area contributed by atoms with E-state index in [-0.39, 0.29) is 22.7 Å². The fourth-order valence-corrected chi connectivity index (χ4v) is 5.07.